The number of benzene rings is 1. The Morgan fingerprint density at radius 1 is 1.40 bits per heavy atom. The number of guanidine groups is 1. The van der Waals surface area contributed by atoms with E-state index in [1.807, 2.05) is 6.92 Å². The second-order valence-electron chi connectivity index (χ2n) is 7.05. The third-order valence-electron chi connectivity index (χ3n) is 4.91. The summed E-state index contributed by atoms with van der Waals surface area (Å²) >= 11 is 0. The van der Waals surface area contributed by atoms with Crippen LogP contribution in [0.4, 0.5) is 4.39 Å². The number of hydrogen-bond donors (Lipinski definition) is 1. The van der Waals surface area contributed by atoms with Crippen molar-refractivity contribution in [2.24, 2.45) is 10.4 Å². The van der Waals surface area contributed by atoms with E-state index < -0.39 is 0 Å². The van der Waals surface area contributed by atoms with Gasteiger partial charge in [-0.1, -0.05) is 0 Å². The van der Waals surface area contributed by atoms with Crippen molar-refractivity contribution < 1.29 is 13.9 Å². The number of aliphatic imine (C=N–C) groups is 1. The summed E-state index contributed by atoms with van der Waals surface area (Å²) in [5, 5.41) is 3.39. The Labute approximate surface area is 149 Å². The van der Waals surface area contributed by atoms with E-state index in [4.69, 9.17) is 14.5 Å². The molecule has 2 aliphatic heterocycles. The smallest absolute Gasteiger partial charge is 0.194 e. The van der Waals surface area contributed by atoms with Crippen LogP contribution in [0.25, 0.3) is 0 Å². The number of halogens is 1. The van der Waals surface area contributed by atoms with Crippen LogP contribution in [0.3, 0.4) is 0 Å². The van der Waals surface area contributed by atoms with Gasteiger partial charge in [0.05, 0.1) is 13.2 Å². The van der Waals surface area contributed by atoms with Crippen LogP contribution in [0.15, 0.2) is 29.3 Å². The van der Waals surface area contributed by atoms with E-state index in [1.165, 1.54) is 18.6 Å². The van der Waals surface area contributed by atoms with E-state index in [-0.39, 0.29) is 11.9 Å². The van der Waals surface area contributed by atoms with Crippen molar-refractivity contribution >= 4 is 5.96 Å². The molecule has 1 aromatic carbocycles. The molecule has 0 amide bonds. The van der Waals surface area contributed by atoms with Crippen LogP contribution in [-0.4, -0.2) is 56.4 Å². The summed E-state index contributed by atoms with van der Waals surface area (Å²) in [5.41, 5.74) is 0.312. The molecule has 6 heteroatoms. The minimum Gasteiger partial charge on any atom is -0.489 e. The van der Waals surface area contributed by atoms with Crippen molar-refractivity contribution in [1.29, 1.82) is 0 Å². The SMILES string of the molecule is CCNC(=NCC(C)Oc1ccc(F)cc1)N1CCC2(CCOC2)C1. The lowest BCUT2D eigenvalue weighted by molar-refractivity contribution is 0.156. The molecule has 25 heavy (non-hydrogen) atoms. The predicted molar refractivity (Wildman–Crippen MR) is 96.5 cm³/mol. The predicted octanol–water partition coefficient (Wildman–Crippen LogP) is 2.67. The summed E-state index contributed by atoms with van der Waals surface area (Å²) in [4.78, 5) is 7.09. The Kier molecular flexibility index (Phi) is 5.78. The van der Waals surface area contributed by atoms with E-state index in [9.17, 15) is 4.39 Å². The molecule has 0 aliphatic carbocycles. The molecule has 1 aromatic rings. The van der Waals surface area contributed by atoms with Crippen LogP contribution in [-0.2, 0) is 4.74 Å². The van der Waals surface area contributed by atoms with Gasteiger partial charge in [-0.15, -0.1) is 0 Å². The molecule has 2 saturated heterocycles. The molecule has 0 aromatic heterocycles. The molecule has 0 bridgehead atoms. The fourth-order valence-corrected chi connectivity index (χ4v) is 3.51. The molecular weight excluding hydrogens is 321 g/mol. The summed E-state index contributed by atoms with van der Waals surface area (Å²) in [5.74, 6) is 1.35. The number of hydrogen-bond acceptors (Lipinski definition) is 3. The van der Waals surface area contributed by atoms with Crippen LogP contribution in [0.1, 0.15) is 26.7 Å². The van der Waals surface area contributed by atoms with Gasteiger partial charge in [0.15, 0.2) is 5.96 Å². The van der Waals surface area contributed by atoms with Gasteiger partial charge in [0.1, 0.15) is 17.7 Å². The number of likely N-dealkylation sites (tertiary alicyclic amines) is 1. The average molecular weight is 349 g/mol. The lowest BCUT2D eigenvalue weighted by Crippen LogP contribution is -2.42. The minimum absolute atomic E-state index is 0.0782. The molecule has 0 saturated carbocycles. The van der Waals surface area contributed by atoms with Gasteiger partial charge in [-0.05, 0) is 51.0 Å². The molecule has 2 atom stereocenters. The van der Waals surface area contributed by atoms with Crippen molar-refractivity contribution in [3.8, 4) is 5.75 Å². The third kappa shape index (κ3) is 4.63. The summed E-state index contributed by atoms with van der Waals surface area (Å²) < 4.78 is 24.4. The maximum absolute atomic E-state index is 13.0. The monoisotopic (exact) mass is 349 g/mol. The van der Waals surface area contributed by atoms with Crippen molar-refractivity contribution in [2.45, 2.75) is 32.8 Å². The number of rotatable bonds is 5. The quantitative estimate of drug-likeness (QED) is 0.656. The maximum Gasteiger partial charge on any atom is 0.194 e. The Hall–Kier alpha value is -1.82. The number of nitrogens with zero attached hydrogens (tertiary/aromatic N) is 2. The highest BCUT2D eigenvalue weighted by atomic mass is 19.1. The molecule has 2 heterocycles. The standard InChI is InChI=1S/C19H28FN3O2/c1-3-21-18(23-10-8-19(13-23)9-11-24-14-19)22-12-15(2)25-17-6-4-16(20)5-7-17/h4-7,15H,3,8-14H2,1-2H3,(H,21,22). The summed E-state index contributed by atoms with van der Waals surface area (Å²) in [6, 6.07) is 6.10. The molecule has 1 N–H and O–H groups in total. The van der Waals surface area contributed by atoms with Gasteiger partial charge < -0.3 is 19.7 Å². The van der Waals surface area contributed by atoms with Crippen LogP contribution in [0.5, 0.6) is 5.75 Å². The highest BCUT2D eigenvalue weighted by Crippen LogP contribution is 2.38. The Bertz CT molecular complexity index is 585. The summed E-state index contributed by atoms with van der Waals surface area (Å²) in [6.45, 7) is 9.22. The normalized spacial score (nSPS) is 24.8. The third-order valence-corrected chi connectivity index (χ3v) is 4.91. The van der Waals surface area contributed by atoms with Gasteiger partial charge in [0, 0.05) is 31.7 Å². The number of ether oxygens (including phenoxy) is 2. The van der Waals surface area contributed by atoms with E-state index in [0.29, 0.717) is 17.7 Å². The highest BCUT2D eigenvalue weighted by molar-refractivity contribution is 5.80. The van der Waals surface area contributed by atoms with Crippen molar-refractivity contribution in [1.82, 2.24) is 10.2 Å². The van der Waals surface area contributed by atoms with Crippen LogP contribution in [0.2, 0.25) is 0 Å². The first-order chi connectivity index (χ1) is 12.1. The maximum atomic E-state index is 13.0. The van der Waals surface area contributed by atoms with Gasteiger partial charge in [0.25, 0.3) is 0 Å². The minimum atomic E-state index is -0.258. The van der Waals surface area contributed by atoms with E-state index in [0.717, 1.165) is 45.2 Å². The second kappa shape index (κ2) is 8.04. The molecule has 1 spiro atoms. The average Bonchev–Trinajstić information content (AvgIpc) is 3.24. The molecular formula is C19H28FN3O2. The largest absolute Gasteiger partial charge is 0.489 e. The van der Waals surface area contributed by atoms with Gasteiger partial charge in [-0.3, -0.25) is 0 Å². The lowest BCUT2D eigenvalue weighted by atomic mass is 9.87. The second-order valence-corrected chi connectivity index (χ2v) is 7.05. The highest BCUT2D eigenvalue weighted by Gasteiger charge is 2.42. The molecule has 138 valence electrons. The van der Waals surface area contributed by atoms with Crippen molar-refractivity contribution in [2.75, 3.05) is 39.4 Å². The molecule has 3 rings (SSSR count). The van der Waals surface area contributed by atoms with Crippen molar-refractivity contribution in [3.63, 3.8) is 0 Å². The first-order valence-electron chi connectivity index (χ1n) is 9.13. The first kappa shape index (κ1) is 18.0. The Morgan fingerprint density at radius 3 is 2.88 bits per heavy atom. The van der Waals surface area contributed by atoms with Crippen LogP contribution < -0.4 is 10.1 Å². The van der Waals surface area contributed by atoms with Gasteiger partial charge in [-0.2, -0.15) is 0 Å². The molecule has 0 radical (unpaired) electrons. The molecule has 2 fully saturated rings. The zero-order valence-electron chi connectivity index (χ0n) is 15.1. The van der Waals surface area contributed by atoms with Gasteiger partial charge in [-0.25, -0.2) is 9.38 Å². The molecule has 2 aliphatic rings. The van der Waals surface area contributed by atoms with E-state index >= 15 is 0 Å². The molecule has 5 nitrogen and oxygen atoms in total. The molecule has 2 unspecified atom stereocenters. The topological polar surface area (TPSA) is 46.1 Å². The lowest BCUT2D eigenvalue weighted by Gasteiger charge is -2.25. The van der Waals surface area contributed by atoms with Crippen LogP contribution >= 0.6 is 0 Å². The summed E-state index contributed by atoms with van der Waals surface area (Å²) in [7, 11) is 0. The van der Waals surface area contributed by atoms with Gasteiger partial charge in [0.2, 0.25) is 0 Å². The van der Waals surface area contributed by atoms with Crippen LogP contribution in [0, 0.1) is 11.2 Å². The Balaban J connectivity index is 1.57. The zero-order valence-corrected chi connectivity index (χ0v) is 15.1. The van der Waals surface area contributed by atoms with E-state index in [2.05, 4.69) is 17.1 Å². The van der Waals surface area contributed by atoms with E-state index in [1.54, 1.807) is 12.1 Å². The fraction of sp³-hybridized carbons (Fsp3) is 0.632. The van der Waals surface area contributed by atoms with Crippen molar-refractivity contribution in [3.05, 3.63) is 30.1 Å². The fourth-order valence-electron chi connectivity index (χ4n) is 3.51. The summed E-state index contributed by atoms with van der Waals surface area (Å²) in [6.07, 6.45) is 2.23. The van der Waals surface area contributed by atoms with Gasteiger partial charge >= 0.3 is 0 Å². The zero-order chi connectivity index (χ0) is 17.7. The first-order valence-corrected chi connectivity index (χ1v) is 9.13. The Morgan fingerprint density at radius 2 is 2.20 bits per heavy atom. The number of nitrogens with one attached hydrogen (secondary N) is 1.